The van der Waals surface area contributed by atoms with Gasteiger partial charge in [0.15, 0.2) is 0 Å². The zero-order chi connectivity index (χ0) is 22.8. The van der Waals surface area contributed by atoms with Gasteiger partial charge in [0.2, 0.25) is 5.91 Å². The minimum absolute atomic E-state index is 0.0572. The summed E-state index contributed by atoms with van der Waals surface area (Å²) in [5, 5.41) is 7.35. The summed E-state index contributed by atoms with van der Waals surface area (Å²) in [7, 11) is 1.61. The zero-order valence-corrected chi connectivity index (χ0v) is 19.6. The fraction of sp³-hybridized carbons (Fsp3) is 0.423. The number of ether oxygens (including phenoxy) is 1. The average Bonchev–Trinajstić information content (AvgIpc) is 2.86. The zero-order valence-electron chi connectivity index (χ0n) is 18.9. The average molecular weight is 465 g/mol. The Morgan fingerprint density at radius 2 is 1.79 bits per heavy atom. The van der Waals surface area contributed by atoms with E-state index in [1.165, 1.54) is 5.56 Å². The molecule has 2 atom stereocenters. The van der Waals surface area contributed by atoms with Gasteiger partial charge in [0.05, 0.1) is 29.8 Å². The molecule has 0 radical (unpaired) electrons. The summed E-state index contributed by atoms with van der Waals surface area (Å²) in [5.41, 5.74) is 3.21. The maximum atomic E-state index is 13.5. The van der Waals surface area contributed by atoms with E-state index < -0.39 is 0 Å². The second-order valence-electron chi connectivity index (χ2n) is 9.04. The molecule has 1 amide bonds. The Balaban J connectivity index is 1.37. The smallest absolute Gasteiger partial charge is 0.247 e. The van der Waals surface area contributed by atoms with Crippen LogP contribution >= 0.6 is 11.6 Å². The Bertz CT molecular complexity index is 1060. The molecule has 2 aromatic rings. The lowest BCUT2D eigenvalue weighted by molar-refractivity contribution is -0.141. The summed E-state index contributed by atoms with van der Waals surface area (Å²) in [6, 6.07) is 10.1. The third-order valence-corrected chi connectivity index (χ3v) is 7.34. The van der Waals surface area contributed by atoms with Gasteiger partial charge in [-0.2, -0.15) is 5.10 Å². The largest absolute Gasteiger partial charge is 0.495 e. The molecular formula is C26H29ClN4O2. The number of hydrogen-bond donors (Lipinski definition) is 0. The number of carbonyl (C=O) groups excluding carboxylic acids is 1. The number of likely N-dealkylation sites (tertiary alicyclic amines) is 1. The molecule has 5 rings (SSSR count). The molecule has 6 nitrogen and oxygen atoms in total. The summed E-state index contributed by atoms with van der Waals surface area (Å²) in [6.07, 6.45) is 11.4. The van der Waals surface area contributed by atoms with Crippen LogP contribution in [0.4, 0.5) is 0 Å². The number of benzene rings is 1. The lowest BCUT2D eigenvalue weighted by Gasteiger charge is -2.42. The highest BCUT2D eigenvalue weighted by molar-refractivity contribution is 6.32. The quantitative estimate of drug-likeness (QED) is 0.610. The maximum absolute atomic E-state index is 13.5. The van der Waals surface area contributed by atoms with E-state index in [1.54, 1.807) is 12.1 Å². The highest BCUT2D eigenvalue weighted by atomic mass is 35.5. The lowest BCUT2D eigenvalue weighted by atomic mass is 9.76. The number of hydrogen-bond acceptors (Lipinski definition) is 5. The van der Waals surface area contributed by atoms with Crippen LogP contribution in [-0.2, 0) is 11.3 Å². The second-order valence-corrected chi connectivity index (χ2v) is 9.44. The molecule has 33 heavy (non-hydrogen) atoms. The number of carbonyl (C=O) groups is 1. The number of pyridine rings is 1. The van der Waals surface area contributed by atoms with Crippen LogP contribution in [0.25, 0.3) is 0 Å². The van der Waals surface area contributed by atoms with Gasteiger partial charge in [-0.05, 0) is 67.1 Å². The molecule has 0 unspecified atom stereocenters. The van der Waals surface area contributed by atoms with Crippen LogP contribution in [0.3, 0.4) is 0 Å². The molecule has 1 aliphatic carbocycles. The molecule has 1 fully saturated rings. The number of fused-ring (bicyclic) bond motifs is 1. The van der Waals surface area contributed by atoms with E-state index in [0.29, 0.717) is 10.8 Å². The molecular weight excluding hydrogens is 436 g/mol. The monoisotopic (exact) mass is 464 g/mol. The third kappa shape index (κ3) is 4.55. The van der Waals surface area contributed by atoms with Crippen LogP contribution < -0.4 is 4.74 Å². The molecule has 1 aromatic heterocycles. The molecule has 0 bridgehead atoms. The van der Waals surface area contributed by atoms with Crippen molar-refractivity contribution < 1.29 is 9.53 Å². The molecule has 0 saturated carbocycles. The van der Waals surface area contributed by atoms with Crippen molar-refractivity contribution in [1.82, 2.24) is 14.9 Å². The van der Waals surface area contributed by atoms with Gasteiger partial charge in [-0.3, -0.25) is 14.7 Å². The molecule has 1 aromatic carbocycles. The fourth-order valence-corrected chi connectivity index (χ4v) is 5.48. The number of hydrazone groups is 1. The summed E-state index contributed by atoms with van der Waals surface area (Å²) in [5.74, 6) is 0.847. The highest BCUT2D eigenvalue weighted by Gasteiger charge is 2.42. The van der Waals surface area contributed by atoms with Crippen LogP contribution in [0, 0.1) is 11.8 Å². The lowest BCUT2D eigenvalue weighted by Crippen LogP contribution is -2.52. The Hall–Kier alpha value is -2.70. The predicted octanol–water partition coefficient (Wildman–Crippen LogP) is 4.54. The number of aromatic nitrogens is 1. The van der Waals surface area contributed by atoms with Crippen molar-refractivity contribution in [3.63, 3.8) is 0 Å². The summed E-state index contributed by atoms with van der Waals surface area (Å²) in [4.78, 5) is 20.0. The topological polar surface area (TPSA) is 58.0 Å². The van der Waals surface area contributed by atoms with Crippen molar-refractivity contribution in [3.05, 3.63) is 71.0 Å². The van der Waals surface area contributed by atoms with Gasteiger partial charge in [-0.1, -0.05) is 23.8 Å². The van der Waals surface area contributed by atoms with Crippen molar-refractivity contribution >= 4 is 23.2 Å². The molecule has 1 saturated heterocycles. The van der Waals surface area contributed by atoms with Crippen molar-refractivity contribution in [1.29, 1.82) is 0 Å². The first kappa shape index (κ1) is 22.1. The molecule has 0 spiro atoms. The van der Waals surface area contributed by atoms with Gasteiger partial charge in [-0.15, -0.1) is 0 Å². The highest BCUT2D eigenvalue weighted by Crippen LogP contribution is 2.37. The first-order valence-electron chi connectivity index (χ1n) is 11.7. The summed E-state index contributed by atoms with van der Waals surface area (Å²) >= 11 is 6.44. The number of amides is 1. The van der Waals surface area contributed by atoms with Gasteiger partial charge >= 0.3 is 0 Å². The van der Waals surface area contributed by atoms with Crippen LogP contribution in [0.15, 0.2) is 60.0 Å². The van der Waals surface area contributed by atoms with E-state index in [4.69, 9.17) is 21.4 Å². The van der Waals surface area contributed by atoms with Gasteiger partial charge in [0.25, 0.3) is 0 Å². The Morgan fingerprint density at radius 3 is 2.48 bits per heavy atom. The normalized spacial score (nSPS) is 23.9. The van der Waals surface area contributed by atoms with Crippen LogP contribution in [0.2, 0.25) is 5.02 Å². The first-order valence-corrected chi connectivity index (χ1v) is 12.0. The number of methoxy groups -OCH3 is 1. The number of rotatable bonds is 5. The van der Waals surface area contributed by atoms with Gasteiger partial charge in [-0.25, -0.2) is 5.01 Å². The molecule has 7 heteroatoms. The van der Waals surface area contributed by atoms with E-state index in [1.807, 2.05) is 30.6 Å². The van der Waals surface area contributed by atoms with Crippen molar-refractivity contribution in [2.75, 3.05) is 20.2 Å². The fourth-order valence-electron chi connectivity index (χ4n) is 5.23. The molecule has 3 heterocycles. The van der Waals surface area contributed by atoms with E-state index in [9.17, 15) is 4.79 Å². The van der Waals surface area contributed by atoms with Crippen LogP contribution in [0.1, 0.15) is 36.8 Å². The number of piperidine rings is 1. The Labute approximate surface area is 199 Å². The van der Waals surface area contributed by atoms with Gasteiger partial charge in [0, 0.05) is 37.9 Å². The minimum Gasteiger partial charge on any atom is -0.495 e. The van der Waals surface area contributed by atoms with Crippen molar-refractivity contribution in [2.24, 2.45) is 16.9 Å². The van der Waals surface area contributed by atoms with E-state index in [2.05, 4.69) is 34.2 Å². The van der Waals surface area contributed by atoms with Crippen LogP contribution in [0.5, 0.6) is 5.75 Å². The summed E-state index contributed by atoms with van der Waals surface area (Å²) < 4.78 is 5.32. The number of nitrogens with zero attached hydrogens (tertiary/aromatic N) is 4. The second kappa shape index (κ2) is 9.65. The SMILES string of the molecule is COc1ccc(C2=NN(C3CCN(Cc4ccncc4)CC3)C(=O)[C@@H]3CC=CC[C@H]23)cc1Cl. The van der Waals surface area contributed by atoms with Crippen LogP contribution in [-0.4, -0.2) is 52.8 Å². The first-order chi connectivity index (χ1) is 16.1. The van der Waals surface area contributed by atoms with E-state index in [-0.39, 0.29) is 23.8 Å². The van der Waals surface area contributed by atoms with Gasteiger partial charge in [0.1, 0.15) is 5.75 Å². The van der Waals surface area contributed by atoms with E-state index in [0.717, 1.165) is 56.6 Å². The minimum atomic E-state index is -0.0572. The number of halogens is 1. The maximum Gasteiger partial charge on any atom is 0.247 e. The Kier molecular flexibility index (Phi) is 6.47. The molecule has 0 N–H and O–H groups in total. The molecule has 172 valence electrons. The standard InChI is InChI=1S/C26H29ClN4O2/c1-33-24-7-6-19(16-23(24)27)25-21-4-2-3-5-22(21)26(32)31(29-25)20-10-14-30(15-11-20)17-18-8-12-28-13-9-18/h2-3,6-9,12-13,16,20-22H,4-5,10-11,14-15,17H2,1H3/t21-,22+/m0/s1. The Morgan fingerprint density at radius 1 is 1.06 bits per heavy atom. The molecule has 3 aliphatic rings. The third-order valence-electron chi connectivity index (χ3n) is 7.05. The van der Waals surface area contributed by atoms with E-state index >= 15 is 0 Å². The molecule has 2 aliphatic heterocycles. The van der Waals surface area contributed by atoms with Crippen molar-refractivity contribution in [3.8, 4) is 5.75 Å². The predicted molar refractivity (Wildman–Crippen MR) is 129 cm³/mol. The number of allylic oxidation sites excluding steroid dienone is 2. The van der Waals surface area contributed by atoms with Gasteiger partial charge < -0.3 is 4.74 Å². The van der Waals surface area contributed by atoms with Crippen molar-refractivity contribution in [2.45, 2.75) is 38.3 Å². The summed E-state index contributed by atoms with van der Waals surface area (Å²) in [6.45, 7) is 2.81.